The number of hydrogen-bond acceptors (Lipinski definition) is 7. The van der Waals surface area contributed by atoms with Crippen LogP contribution in [-0.2, 0) is 9.47 Å². The zero-order valence-electron chi connectivity index (χ0n) is 29.2. The van der Waals surface area contributed by atoms with E-state index in [9.17, 15) is 9.59 Å². The van der Waals surface area contributed by atoms with E-state index < -0.39 is 11.2 Å². The van der Waals surface area contributed by atoms with E-state index in [0.29, 0.717) is 35.0 Å². The van der Waals surface area contributed by atoms with Gasteiger partial charge in [0.05, 0.1) is 24.0 Å². The van der Waals surface area contributed by atoms with Gasteiger partial charge in [-0.3, -0.25) is 9.80 Å². The number of nitrogens with one attached hydrogen (secondary N) is 2. The molecule has 49 heavy (non-hydrogen) atoms. The van der Waals surface area contributed by atoms with E-state index >= 15 is 0 Å². The van der Waals surface area contributed by atoms with Gasteiger partial charge in [-0.25, -0.2) is 19.6 Å². The van der Waals surface area contributed by atoms with Crippen molar-refractivity contribution in [2.24, 2.45) is 0 Å². The highest BCUT2D eigenvalue weighted by Gasteiger charge is 2.40. The van der Waals surface area contributed by atoms with Gasteiger partial charge in [-0.1, -0.05) is 60.1 Å². The quantitative estimate of drug-likeness (QED) is 0.206. The number of amides is 2. The third-order valence-corrected chi connectivity index (χ3v) is 9.98. The Morgan fingerprint density at radius 2 is 1.39 bits per heavy atom. The lowest BCUT2D eigenvalue weighted by atomic mass is 10.0. The number of aromatic nitrogens is 4. The molecule has 3 atom stereocenters. The molecule has 2 amide bonds. The molecule has 4 heterocycles. The Labute approximate surface area is 297 Å². The summed E-state index contributed by atoms with van der Waals surface area (Å²) in [7, 11) is 0. The fourth-order valence-electron chi connectivity index (χ4n) is 6.37. The predicted molar refractivity (Wildman–Crippen MR) is 195 cm³/mol. The molecule has 2 aromatic heterocycles. The van der Waals surface area contributed by atoms with Crippen LogP contribution < -0.4 is 0 Å². The molecule has 2 saturated heterocycles. The predicted octanol–water partition coefficient (Wildman–Crippen LogP) is 9.27. The highest BCUT2D eigenvalue weighted by molar-refractivity contribution is 7.99. The Morgan fingerprint density at radius 1 is 0.816 bits per heavy atom. The van der Waals surface area contributed by atoms with Gasteiger partial charge in [-0.05, 0) is 83.8 Å². The van der Waals surface area contributed by atoms with Crippen LogP contribution in [0.4, 0.5) is 9.59 Å². The van der Waals surface area contributed by atoms with Crippen LogP contribution in [0.15, 0.2) is 54.7 Å². The first kappa shape index (κ1) is 34.9. The minimum Gasteiger partial charge on any atom is -0.444 e. The van der Waals surface area contributed by atoms with Crippen LogP contribution in [0, 0.1) is 0 Å². The number of benzene rings is 2. The Hall–Kier alpha value is -3.96. The molecule has 260 valence electrons. The molecule has 2 aliphatic rings. The maximum Gasteiger partial charge on any atom is 0.410 e. The van der Waals surface area contributed by atoms with Gasteiger partial charge >= 0.3 is 12.2 Å². The Balaban J connectivity index is 1.14. The summed E-state index contributed by atoms with van der Waals surface area (Å²) in [5.41, 5.74) is 4.43. The van der Waals surface area contributed by atoms with E-state index in [4.69, 9.17) is 31.0 Å². The molecule has 2 N–H and O–H groups in total. The van der Waals surface area contributed by atoms with Gasteiger partial charge in [0, 0.05) is 23.9 Å². The normalized spacial score (nSPS) is 19.8. The number of carbonyl (C=O) groups excluding carboxylic acids is 2. The first-order valence-corrected chi connectivity index (χ1v) is 18.4. The molecule has 0 bridgehead atoms. The molecule has 10 nitrogen and oxygen atoms in total. The Kier molecular flexibility index (Phi) is 9.79. The maximum absolute atomic E-state index is 13.0. The largest absolute Gasteiger partial charge is 0.444 e. The number of halogens is 1. The molecule has 0 spiro atoms. The monoisotopic (exact) mass is 704 g/mol. The first-order valence-electron chi connectivity index (χ1n) is 16.7. The average molecular weight is 705 g/mol. The van der Waals surface area contributed by atoms with Crippen LogP contribution in [0.5, 0.6) is 0 Å². The summed E-state index contributed by atoms with van der Waals surface area (Å²) in [6.07, 6.45) is 5.74. The minimum absolute atomic E-state index is 0.167. The van der Waals surface area contributed by atoms with Crippen LogP contribution in [0.3, 0.4) is 0 Å². The lowest BCUT2D eigenvalue weighted by Crippen LogP contribution is -2.37. The van der Waals surface area contributed by atoms with Gasteiger partial charge in [-0.15, -0.1) is 0 Å². The van der Waals surface area contributed by atoms with Crippen LogP contribution in [0.25, 0.3) is 33.6 Å². The summed E-state index contributed by atoms with van der Waals surface area (Å²) in [6, 6.07) is 16.1. The number of likely N-dealkylation sites (tertiary alicyclic amines) is 2. The van der Waals surface area contributed by atoms with E-state index in [1.54, 1.807) is 21.6 Å². The average Bonchev–Trinajstić information content (AvgIpc) is 3.85. The lowest BCUT2D eigenvalue weighted by Gasteiger charge is -2.27. The van der Waals surface area contributed by atoms with Crippen molar-refractivity contribution >= 4 is 35.5 Å². The summed E-state index contributed by atoms with van der Waals surface area (Å²) in [6.45, 7) is 12.5. The second-order valence-corrected chi connectivity index (χ2v) is 16.2. The number of thioether (sulfide) groups is 1. The van der Waals surface area contributed by atoms with Gasteiger partial charge in [-0.2, -0.15) is 11.8 Å². The summed E-state index contributed by atoms with van der Waals surface area (Å²) >= 11 is 8.40. The smallest absolute Gasteiger partial charge is 0.410 e. The number of rotatable bonds is 6. The van der Waals surface area contributed by atoms with Gasteiger partial charge in [0.2, 0.25) is 0 Å². The zero-order valence-corrected chi connectivity index (χ0v) is 30.7. The van der Waals surface area contributed by atoms with E-state index in [1.807, 2.05) is 59.9 Å². The highest BCUT2D eigenvalue weighted by atomic mass is 35.5. The van der Waals surface area contributed by atoms with Gasteiger partial charge in [0.15, 0.2) is 0 Å². The summed E-state index contributed by atoms with van der Waals surface area (Å²) in [5, 5.41) is 0.766. The van der Waals surface area contributed by atoms with Crippen LogP contribution in [0.1, 0.15) is 84.5 Å². The number of aromatic amines is 2. The van der Waals surface area contributed by atoms with E-state index in [2.05, 4.69) is 52.6 Å². The molecule has 0 saturated carbocycles. The number of nitrogens with zero attached hydrogens (tertiary/aromatic N) is 4. The molecule has 0 radical (unpaired) electrons. The number of carbonyl (C=O) groups is 2. The summed E-state index contributed by atoms with van der Waals surface area (Å²) < 4.78 is 11.3. The topological polar surface area (TPSA) is 116 Å². The molecule has 4 aromatic rings. The van der Waals surface area contributed by atoms with Crippen molar-refractivity contribution in [1.29, 1.82) is 0 Å². The molecule has 2 aromatic carbocycles. The standard InChI is InChI=1S/C37H45ClN6O4S/c1-36(2,3)47-34(45)43-18-8-9-28(43)33-41-30(31(38)42-33)25-16-12-23(13-17-25)22-10-14-24(15-11-22)27-20-39-32(40-27)29-19-26(49-7)21-44(29)35(46)48-37(4,5)6/h10-17,20,26,28-29H,8-9,18-19,21H2,1-7H3,(H,39,40)(H,41,42)/t26-,28-,29-/m0/s1. The van der Waals surface area contributed by atoms with Crippen molar-refractivity contribution in [1.82, 2.24) is 29.7 Å². The molecule has 6 rings (SSSR count). The van der Waals surface area contributed by atoms with Gasteiger partial charge in [0.25, 0.3) is 0 Å². The fourth-order valence-corrected chi connectivity index (χ4v) is 7.31. The second kappa shape index (κ2) is 13.7. The Bertz CT molecular complexity index is 1790. The summed E-state index contributed by atoms with van der Waals surface area (Å²) in [4.78, 5) is 45.6. The molecule has 0 unspecified atom stereocenters. The van der Waals surface area contributed by atoms with Crippen molar-refractivity contribution in [3.63, 3.8) is 0 Å². The van der Waals surface area contributed by atoms with Crippen LogP contribution >= 0.6 is 23.4 Å². The number of imidazole rings is 2. The van der Waals surface area contributed by atoms with E-state index in [1.165, 1.54) is 0 Å². The molecular weight excluding hydrogens is 660 g/mol. The van der Waals surface area contributed by atoms with Crippen molar-refractivity contribution in [3.8, 4) is 33.6 Å². The molecule has 2 aliphatic heterocycles. The zero-order chi connectivity index (χ0) is 35.1. The second-order valence-electron chi connectivity index (χ2n) is 14.7. The number of ether oxygens (including phenoxy) is 2. The van der Waals surface area contributed by atoms with Gasteiger partial charge in [0.1, 0.15) is 33.7 Å². The maximum atomic E-state index is 13.0. The van der Waals surface area contributed by atoms with Crippen molar-refractivity contribution in [2.45, 2.75) is 89.3 Å². The third kappa shape index (κ3) is 7.94. The fraction of sp³-hybridized carbons (Fsp3) is 0.459. The van der Waals surface area contributed by atoms with Crippen molar-refractivity contribution < 1.29 is 19.1 Å². The van der Waals surface area contributed by atoms with Crippen molar-refractivity contribution in [3.05, 3.63) is 71.5 Å². The number of H-pyrrole nitrogens is 2. The lowest BCUT2D eigenvalue weighted by molar-refractivity contribution is 0.0208. The number of hydrogen-bond donors (Lipinski definition) is 2. The van der Waals surface area contributed by atoms with Gasteiger partial charge < -0.3 is 19.4 Å². The van der Waals surface area contributed by atoms with Crippen LogP contribution in [0.2, 0.25) is 5.15 Å². The molecule has 12 heteroatoms. The molecule has 2 fully saturated rings. The van der Waals surface area contributed by atoms with E-state index in [0.717, 1.165) is 53.0 Å². The molecular formula is C37H45ClN6O4S. The minimum atomic E-state index is -0.569. The summed E-state index contributed by atoms with van der Waals surface area (Å²) in [5.74, 6) is 1.43. The Morgan fingerprint density at radius 3 is 1.98 bits per heavy atom. The third-order valence-electron chi connectivity index (χ3n) is 8.70. The van der Waals surface area contributed by atoms with Crippen molar-refractivity contribution in [2.75, 3.05) is 19.3 Å². The SMILES string of the molecule is CS[C@H]1C[C@@H](c2ncc(-c3ccc(-c4ccc(-c5nc([C@@H]6CCCN6C(=O)OC(C)(C)C)[nH]c5Cl)cc4)cc3)[nH]2)N(C(=O)OC(C)(C)C)C1. The van der Waals surface area contributed by atoms with E-state index in [-0.39, 0.29) is 24.3 Å². The molecule has 0 aliphatic carbocycles. The highest BCUT2D eigenvalue weighted by Crippen LogP contribution is 2.38. The van der Waals surface area contributed by atoms with Crippen LogP contribution in [-0.4, -0.2) is 77.7 Å². The first-order chi connectivity index (χ1) is 23.2.